The van der Waals surface area contributed by atoms with E-state index in [-0.39, 0.29) is 5.91 Å². The van der Waals surface area contributed by atoms with Crippen molar-refractivity contribution in [3.05, 3.63) is 23.9 Å². The predicted molar refractivity (Wildman–Crippen MR) is 77.1 cm³/mol. The first kappa shape index (κ1) is 14.7. The first-order chi connectivity index (χ1) is 9.72. The Morgan fingerprint density at radius 3 is 2.95 bits per heavy atom. The molecule has 1 aliphatic heterocycles. The van der Waals surface area contributed by atoms with Gasteiger partial charge in [-0.1, -0.05) is 0 Å². The quantitative estimate of drug-likeness (QED) is 0.826. The molecule has 0 unspecified atom stereocenters. The minimum Gasteiger partial charge on any atom is -0.480 e. The zero-order valence-electron chi connectivity index (χ0n) is 12.1. The SMILES string of the molecule is COc1ncccc1C(=O)N(C)CCN1CCNCC1. The van der Waals surface area contributed by atoms with Crippen molar-refractivity contribution in [3.63, 3.8) is 0 Å². The number of carbonyl (C=O) groups excluding carboxylic acids is 1. The van der Waals surface area contributed by atoms with E-state index in [1.54, 1.807) is 23.2 Å². The van der Waals surface area contributed by atoms with E-state index in [0.717, 1.165) is 32.7 Å². The number of hydrogen-bond acceptors (Lipinski definition) is 5. The maximum Gasteiger partial charge on any atom is 0.259 e. The third-order valence-corrected chi connectivity index (χ3v) is 3.50. The summed E-state index contributed by atoms with van der Waals surface area (Å²) in [6.45, 7) is 5.72. The Labute approximate surface area is 119 Å². The number of nitrogens with zero attached hydrogens (tertiary/aromatic N) is 3. The van der Waals surface area contributed by atoms with Crippen LogP contribution in [0, 0.1) is 0 Å². The first-order valence-electron chi connectivity index (χ1n) is 6.90. The maximum atomic E-state index is 12.4. The van der Waals surface area contributed by atoms with E-state index in [2.05, 4.69) is 15.2 Å². The topological polar surface area (TPSA) is 57.7 Å². The fourth-order valence-electron chi connectivity index (χ4n) is 2.25. The highest BCUT2D eigenvalue weighted by molar-refractivity contribution is 5.96. The minimum absolute atomic E-state index is 0.0508. The largest absolute Gasteiger partial charge is 0.480 e. The Balaban J connectivity index is 1.90. The maximum absolute atomic E-state index is 12.4. The Kier molecular flexibility index (Phi) is 5.31. The summed E-state index contributed by atoms with van der Waals surface area (Å²) in [5.41, 5.74) is 0.512. The minimum atomic E-state index is -0.0508. The average Bonchev–Trinajstić information content (AvgIpc) is 2.52. The summed E-state index contributed by atoms with van der Waals surface area (Å²) in [7, 11) is 3.34. The second-order valence-electron chi connectivity index (χ2n) is 4.88. The molecule has 6 heteroatoms. The van der Waals surface area contributed by atoms with Gasteiger partial charge in [0.1, 0.15) is 5.56 Å². The number of methoxy groups -OCH3 is 1. The molecule has 0 spiro atoms. The highest BCUT2D eigenvalue weighted by atomic mass is 16.5. The van der Waals surface area contributed by atoms with Crippen LogP contribution in [0.25, 0.3) is 0 Å². The van der Waals surface area contributed by atoms with Gasteiger partial charge in [0.15, 0.2) is 0 Å². The third kappa shape index (κ3) is 3.68. The smallest absolute Gasteiger partial charge is 0.259 e. The molecule has 6 nitrogen and oxygen atoms in total. The van der Waals surface area contributed by atoms with Gasteiger partial charge in [-0.3, -0.25) is 9.69 Å². The first-order valence-corrected chi connectivity index (χ1v) is 6.90. The molecule has 1 saturated heterocycles. The van der Waals surface area contributed by atoms with Crippen molar-refractivity contribution in [2.24, 2.45) is 0 Å². The molecule has 0 radical (unpaired) electrons. The average molecular weight is 278 g/mol. The molecule has 0 aromatic carbocycles. The molecule has 0 saturated carbocycles. The zero-order valence-corrected chi connectivity index (χ0v) is 12.1. The third-order valence-electron chi connectivity index (χ3n) is 3.50. The number of aromatic nitrogens is 1. The lowest BCUT2D eigenvalue weighted by Crippen LogP contribution is -2.46. The molecule has 0 bridgehead atoms. The van der Waals surface area contributed by atoms with Gasteiger partial charge in [0.05, 0.1) is 7.11 Å². The lowest BCUT2D eigenvalue weighted by molar-refractivity contribution is 0.0770. The van der Waals surface area contributed by atoms with E-state index in [0.29, 0.717) is 18.0 Å². The van der Waals surface area contributed by atoms with Crippen LogP contribution in [0.2, 0.25) is 0 Å². The Bertz CT molecular complexity index is 447. The van der Waals surface area contributed by atoms with Crippen LogP contribution in [0.5, 0.6) is 5.88 Å². The molecule has 1 aromatic rings. The summed E-state index contributed by atoms with van der Waals surface area (Å²) in [5, 5.41) is 3.32. The van der Waals surface area contributed by atoms with E-state index in [9.17, 15) is 4.79 Å². The van der Waals surface area contributed by atoms with Gasteiger partial charge in [-0.15, -0.1) is 0 Å². The molecule has 1 amide bonds. The summed E-state index contributed by atoms with van der Waals surface area (Å²) < 4.78 is 5.13. The Morgan fingerprint density at radius 2 is 2.25 bits per heavy atom. The molecule has 2 rings (SSSR count). The van der Waals surface area contributed by atoms with Crippen molar-refractivity contribution in [3.8, 4) is 5.88 Å². The van der Waals surface area contributed by atoms with E-state index in [4.69, 9.17) is 4.74 Å². The van der Waals surface area contributed by atoms with Crippen LogP contribution < -0.4 is 10.1 Å². The summed E-state index contributed by atoms with van der Waals surface area (Å²) in [5.74, 6) is 0.330. The number of piperazine rings is 1. The number of amides is 1. The Morgan fingerprint density at radius 1 is 1.50 bits per heavy atom. The second kappa shape index (κ2) is 7.21. The number of ether oxygens (including phenoxy) is 1. The Hall–Kier alpha value is -1.66. The zero-order chi connectivity index (χ0) is 14.4. The van der Waals surface area contributed by atoms with E-state index in [1.165, 1.54) is 7.11 Å². The molecule has 0 atom stereocenters. The van der Waals surface area contributed by atoms with E-state index in [1.807, 2.05) is 7.05 Å². The molecular weight excluding hydrogens is 256 g/mol. The van der Waals surface area contributed by atoms with Gasteiger partial charge in [0, 0.05) is 52.5 Å². The molecule has 1 aliphatic rings. The van der Waals surface area contributed by atoms with Crippen LogP contribution >= 0.6 is 0 Å². The van der Waals surface area contributed by atoms with Crippen LogP contribution in [-0.4, -0.2) is 74.1 Å². The molecule has 20 heavy (non-hydrogen) atoms. The number of likely N-dealkylation sites (N-methyl/N-ethyl adjacent to an activating group) is 1. The number of pyridine rings is 1. The van der Waals surface area contributed by atoms with Gasteiger partial charge in [-0.2, -0.15) is 0 Å². The van der Waals surface area contributed by atoms with Gasteiger partial charge in [-0.05, 0) is 12.1 Å². The highest BCUT2D eigenvalue weighted by Gasteiger charge is 2.18. The molecule has 1 aromatic heterocycles. The van der Waals surface area contributed by atoms with Crippen molar-refractivity contribution < 1.29 is 9.53 Å². The molecular formula is C14H22N4O2. The van der Waals surface area contributed by atoms with Crippen LogP contribution in [0.4, 0.5) is 0 Å². The molecule has 1 fully saturated rings. The molecule has 2 heterocycles. The van der Waals surface area contributed by atoms with Gasteiger partial charge >= 0.3 is 0 Å². The van der Waals surface area contributed by atoms with Gasteiger partial charge in [0.2, 0.25) is 5.88 Å². The molecule has 1 N–H and O–H groups in total. The number of nitrogens with one attached hydrogen (secondary N) is 1. The number of carbonyl (C=O) groups is 1. The summed E-state index contributed by atoms with van der Waals surface area (Å²) in [4.78, 5) is 20.5. The highest BCUT2D eigenvalue weighted by Crippen LogP contribution is 2.15. The van der Waals surface area contributed by atoms with Crippen molar-refractivity contribution >= 4 is 5.91 Å². The van der Waals surface area contributed by atoms with Gasteiger partial charge in [-0.25, -0.2) is 4.98 Å². The molecule has 110 valence electrons. The number of rotatable bonds is 5. The fraction of sp³-hybridized carbons (Fsp3) is 0.571. The van der Waals surface area contributed by atoms with Crippen molar-refractivity contribution in [2.75, 3.05) is 53.4 Å². The van der Waals surface area contributed by atoms with Gasteiger partial charge in [0.25, 0.3) is 5.91 Å². The van der Waals surface area contributed by atoms with Gasteiger partial charge < -0.3 is 15.0 Å². The summed E-state index contributed by atoms with van der Waals surface area (Å²) >= 11 is 0. The van der Waals surface area contributed by atoms with Crippen molar-refractivity contribution in [2.45, 2.75) is 0 Å². The standard InChI is InChI=1S/C14H22N4O2/c1-17(10-11-18-8-6-15-7-9-18)14(19)12-4-3-5-16-13(12)20-2/h3-5,15H,6-11H2,1-2H3. The van der Waals surface area contributed by atoms with Crippen molar-refractivity contribution in [1.29, 1.82) is 0 Å². The van der Waals surface area contributed by atoms with Crippen LogP contribution in [-0.2, 0) is 0 Å². The molecule has 0 aliphatic carbocycles. The van der Waals surface area contributed by atoms with Crippen LogP contribution in [0.3, 0.4) is 0 Å². The fourth-order valence-corrected chi connectivity index (χ4v) is 2.25. The van der Waals surface area contributed by atoms with Crippen LogP contribution in [0.15, 0.2) is 18.3 Å². The lowest BCUT2D eigenvalue weighted by atomic mass is 10.2. The van der Waals surface area contributed by atoms with E-state index >= 15 is 0 Å². The predicted octanol–water partition coefficient (Wildman–Crippen LogP) is 0.0674. The van der Waals surface area contributed by atoms with E-state index < -0.39 is 0 Å². The summed E-state index contributed by atoms with van der Waals surface area (Å²) in [6.07, 6.45) is 1.62. The van der Waals surface area contributed by atoms with Crippen molar-refractivity contribution in [1.82, 2.24) is 20.1 Å². The summed E-state index contributed by atoms with van der Waals surface area (Å²) in [6, 6.07) is 3.50. The number of hydrogen-bond donors (Lipinski definition) is 1. The second-order valence-corrected chi connectivity index (χ2v) is 4.88. The lowest BCUT2D eigenvalue weighted by Gasteiger charge is -2.29. The normalized spacial score (nSPS) is 15.9. The monoisotopic (exact) mass is 278 g/mol. The van der Waals surface area contributed by atoms with Crippen LogP contribution in [0.1, 0.15) is 10.4 Å².